The number of carbonyl (C=O) groups is 2. The van der Waals surface area contributed by atoms with E-state index < -0.39 is 23.5 Å². The van der Waals surface area contributed by atoms with Crippen LogP contribution in [-0.4, -0.2) is 32.6 Å². The van der Waals surface area contributed by atoms with Crippen molar-refractivity contribution < 1.29 is 23.8 Å². The quantitative estimate of drug-likeness (QED) is 0.906. The molecule has 7 nitrogen and oxygen atoms in total. The number of carboxylic acids is 1. The van der Waals surface area contributed by atoms with E-state index in [0.717, 1.165) is 10.9 Å². The zero-order valence-corrected chi connectivity index (χ0v) is 12.8. The van der Waals surface area contributed by atoms with Gasteiger partial charge in [-0.3, -0.25) is 5.32 Å². The molecule has 0 atom stereocenters. The Morgan fingerprint density at radius 3 is 2.52 bits per heavy atom. The molecule has 1 aromatic carbocycles. The van der Waals surface area contributed by atoms with Gasteiger partial charge in [0, 0.05) is 0 Å². The predicted octanol–water partition coefficient (Wildman–Crippen LogP) is 3.06. The van der Waals surface area contributed by atoms with Gasteiger partial charge in [0.15, 0.2) is 5.82 Å². The summed E-state index contributed by atoms with van der Waals surface area (Å²) in [6.45, 7) is 5.00. The highest BCUT2D eigenvalue weighted by Crippen LogP contribution is 2.23. The highest BCUT2D eigenvalue weighted by Gasteiger charge is 2.24. The summed E-state index contributed by atoms with van der Waals surface area (Å²) >= 11 is 0. The van der Waals surface area contributed by atoms with E-state index in [0.29, 0.717) is 0 Å². The highest BCUT2D eigenvalue weighted by molar-refractivity contribution is 5.97. The number of hydrogen-bond acceptors (Lipinski definition) is 4. The maximum atomic E-state index is 13.9. The molecule has 0 spiro atoms. The van der Waals surface area contributed by atoms with Crippen LogP contribution in [0.1, 0.15) is 31.1 Å². The largest absolute Gasteiger partial charge is 0.477 e. The molecule has 0 bridgehead atoms. The lowest BCUT2D eigenvalue weighted by Gasteiger charge is -2.20. The van der Waals surface area contributed by atoms with Gasteiger partial charge in [-0.15, -0.1) is 0 Å². The Morgan fingerprint density at radius 1 is 1.30 bits per heavy atom. The van der Waals surface area contributed by atoms with Crippen LogP contribution in [0.15, 0.2) is 30.5 Å². The molecular formula is C15H16FN3O4. The molecule has 23 heavy (non-hydrogen) atoms. The first-order valence-corrected chi connectivity index (χ1v) is 6.75. The number of benzene rings is 1. The molecule has 1 heterocycles. The predicted molar refractivity (Wildman–Crippen MR) is 80.3 cm³/mol. The monoisotopic (exact) mass is 321 g/mol. The van der Waals surface area contributed by atoms with Crippen molar-refractivity contribution in [3.05, 3.63) is 41.8 Å². The van der Waals surface area contributed by atoms with Gasteiger partial charge < -0.3 is 9.84 Å². The molecule has 1 amide bonds. The summed E-state index contributed by atoms with van der Waals surface area (Å²) in [5.41, 5.74) is -1.04. The van der Waals surface area contributed by atoms with Gasteiger partial charge >= 0.3 is 12.1 Å². The second-order valence-electron chi connectivity index (χ2n) is 5.70. The van der Waals surface area contributed by atoms with Crippen LogP contribution in [0, 0.1) is 5.82 Å². The molecule has 0 unspecified atom stereocenters. The van der Waals surface area contributed by atoms with Gasteiger partial charge in [-0.25, -0.2) is 18.7 Å². The molecule has 0 fully saturated rings. The van der Waals surface area contributed by atoms with Crippen LogP contribution in [0.4, 0.5) is 15.0 Å². The molecule has 122 valence electrons. The molecule has 2 rings (SSSR count). The van der Waals surface area contributed by atoms with E-state index in [4.69, 9.17) is 4.74 Å². The zero-order chi connectivity index (χ0) is 17.2. The summed E-state index contributed by atoms with van der Waals surface area (Å²) < 4.78 is 20.0. The van der Waals surface area contributed by atoms with Crippen LogP contribution in [0.2, 0.25) is 0 Å². The van der Waals surface area contributed by atoms with Crippen molar-refractivity contribution in [1.29, 1.82) is 0 Å². The second kappa shape index (κ2) is 6.07. The van der Waals surface area contributed by atoms with E-state index in [-0.39, 0.29) is 17.1 Å². The number of para-hydroxylation sites is 1. The Hall–Kier alpha value is -2.90. The lowest BCUT2D eigenvalue weighted by atomic mass is 10.2. The van der Waals surface area contributed by atoms with Crippen LogP contribution < -0.4 is 5.32 Å². The number of aromatic carboxylic acids is 1. The number of anilines is 1. The minimum atomic E-state index is -1.31. The lowest BCUT2D eigenvalue weighted by Crippen LogP contribution is -2.28. The van der Waals surface area contributed by atoms with E-state index in [9.17, 15) is 19.1 Å². The Kier molecular flexibility index (Phi) is 4.35. The van der Waals surface area contributed by atoms with Crippen LogP contribution in [0.5, 0.6) is 0 Å². The van der Waals surface area contributed by atoms with E-state index in [1.807, 2.05) is 0 Å². The van der Waals surface area contributed by atoms with Crippen LogP contribution >= 0.6 is 0 Å². The second-order valence-corrected chi connectivity index (χ2v) is 5.70. The van der Waals surface area contributed by atoms with Crippen molar-refractivity contribution in [2.75, 3.05) is 5.32 Å². The van der Waals surface area contributed by atoms with Crippen LogP contribution in [-0.2, 0) is 4.74 Å². The zero-order valence-electron chi connectivity index (χ0n) is 12.8. The summed E-state index contributed by atoms with van der Waals surface area (Å²) in [6.07, 6.45) is 0.166. The van der Waals surface area contributed by atoms with E-state index >= 15 is 0 Å². The van der Waals surface area contributed by atoms with E-state index in [2.05, 4.69) is 10.4 Å². The van der Waals surface area contributed by atoms with Crippen molar-refractivity contribution >= 4 is 17.9 Å². The third-order valence-corrected chi connectivity index (χ3v) is 2.70. The molecule has 0 aliphatic heterocycles. The Labute approximate surface area is 131 Å². The number of aromatic nitrogens is 2. The summed E-state index contributed by atoms with van der Waals surface area (Å²) in [6, 6.07) is 5.67. The third-order valence-electron chi connectivity index (χ3n) is 2.70. The average molecular weight is 321 g/mol. The summed E-state index contributed by atoms with van der Waals surface area (Å²) in [5, 5.41) is 15.4. The molecule has 2 N–H and O–H groups in total. The van der Waals surface area contributed by atoms with Gasteiger partial charge in [0.2, 0.25) is 0 Å². The van der Waals surface area contributed by atoms with E-state index in [1.54, 1.807) is 26.8 Å². The fraction of sp³-hybridized carbons (Fsp3) is 0.267. The number of nitrogens with one attached hydrogen (secondary N) is 1. The van der Waals surface area contributed by atoms with Crippen molar-refractivity contribution in [2.45, 2.75) is 26.4 Å². The number of carboxylic acid groups (broad SMARTS) is 1. The molecule has 1 aromatic heterocycles. The maximum absolute atomic E-state index is 13.9. The standard InChI is InChI=1S/C15H16FN3O4/c1-15(2,3)23-14(22)18-12-9(13(20)21)8-17-19(12)11-7-5-4-6-10(11)16/h4-8H,1-3H3,(H,18,22)(H,20,21). The number of rotatable bonds is 3. The smallest absolute Gasteiger partial charge is 0.413 e. The number of halogens is 1. The topological polar surface area (TPSA) is 93.4 Å². The molecule has 8 heteroatoms. The van der Waals surface area contributed by atoms with Gasteiger partial charge in [-0.05, 0) is 32.9 Å². The first kappa shape index (κ1) is 16.5. The number of nitrogens with zero attached hydrogens (tertiary/aromatic N) is 2. The van der Waals surface area contributed by atoms with Crippen molar-refractivity contribution in [3.63, 3.8) is 0 Å². The fourth-order valence-corrected chi connectivity index (χ4v) is 1.83. The number of ether oxygens (including phenoxy) is 1. The molecule has 0 aliphatic carbocycles. The number of hydrogen-bond donors (Lipinski definition) is 2. The maximum Gasteiger partial charge on any atom is 0.413 e. The van der Waals surface area contributed by atoms with Gasteiger partial charge in [-0.1, -0.05) is 12.1 Å². The Balaban J connectivity index is 2.44. The van der Waals surface area contributed by atoms with Crippen LogP contribution in [0.3, 0.4) is 0 Å². The van der Waals surface area contributed by atoms with Gasteiger partial charge in [0.05, 0.1) is 6.20 Å². The third kappa shape index (κ3) is 3.85. The van der Waals surface area contributed by atoms with Crippen molar-refractivity contribution in [2.24, 2.45) is 0 Å². The first-order valence-electron chi connectivity index (χ1n) is 6.75. The number of carbonyl (C=O) groups excluding carboxylic acids is 1. The number of amides is 1. The van der Waals surface area contributed by atoms with Crippen LogP contribution in [0.25, 0.3) is 5.69 Å². The lowest BCUT2D eigenvalue weighted by molar-refractivity contribution is 0.0635. The summed E-state index contributed by atoms with van der Waals surface area (Å²) in [7, 11) is 0. The molecular weight excluding hydrogens is 305 g/mol. The minimum Gasteiger partial charge on any atom is -0.477 e. The Bertz CT molecular complexity index is 749. The molecule has 0 aliphatic rings. The van der Waals surface area contributed by atoms with Gasteiger partial charge in [0.25, 0.3) is 0 Å². The highest BCUT2D eigenvalue weighted by atomic mass is 19.1. The van der Waals surface area contributed by atoms with Gasteiger partial charge in [-0.2, -0.15) is 5.10 Å². The minimum absolute atomic E-state index is 0.00561. The SMILES string of the molecule is CC(C)(C)OC(=O)Nc1c(C(=O)O)cnn1-c1ccccc1F. The fourth-order valence-electron chi connectivity index (χ4n) is 1.83. The average Bonchev–Trinajstić information content (AvgIpc) is 2.80. The summed E-state index contributed by atoms with van der Waals surface area (Å²) in [4.78, 5) is 23.2. The normalized spacial score (nSPS) is 11.1. The molecule has 0 saturated heterocycles. The van der Waals surface area contributed by atoms with Crippen molar-refractivity contribution in [3.8, 4) is 5.69 Å². The molecule has 2 aromatic rings. The van der Waals surface area contributed by atoms with Gasteiger partial charge in [0.1, 0.15) is 22.7 Å². The summed E-state index contributed by atoms with van der Waals surface area (Å²) in [5.74, 6) is -2.10. The van der Waals surface area contributed by atoms with Crippen molar-refractivity contribution in [1.82, 2.24) is 9.78 Å². The molecule has 0 radical (unpaired) electrons. The Morgan fingerprint density at radius 2 is 1.96 bits per heavy atom. The van der Waals surface area contributed by atoms with E-state index in [1.165, 1.54) is 18.2 Å². The first-order chi connectivity index (χ1) is 10.7. The molecule has 0 saturated carbocycles.